The molecule has 1 fully saturated rings. The summed E-state index contributed by atoms with van der Waals surface area (Å²) in [5.74, 6) is -0.483. The first-order valence-corrected chi connectivity index (χ1v) is 11.1. The minimum Gasteiger partial charge on any atom is -0.379 e. The van der Waals surface area contributed by atoms with Crippen molar-refractivity contribution in [2.75, 3.05) is 32.8 Å². The Morgan fingerprint density at radius 3 is 2.77 bits per heavy atom. The maximum Gasteiger partial charge on any atom is 0.261 e. The zero-order valence-corrected chi connectivity index (χ0v) is 18.1. The first kappa shape index (κ1) is 21.0. The topological polar surface area (TPSA) is 91.5 Å². The van der Waals surface area contributed by atoms with Gasteiger partial charge in [0.1, 0.15) is 5.56 Å². The minimum atomic E-state index is -0.452. The fourth-order valence-electron chi connectivity index (χ4n) is 4.26. The summed E-state index contributed by atoms with van der Waals surface area (Å²) in [5, 5.41) is 4.94. The van der Waals surface area contributed by atoms with E-state index >= 15 is 0 Å². The van der Waals surface area contributed by atoms with E-state index in [1.807, 2.05) is 25.3 Å². The molecule has 0 radical (unpaired) electrons. The molecule has 0 bridgehead atoms. The van der Waals surface area contributed by atoms with Crippen LogP contribution in [0.4, 0.5) is 0 Å². The number of thiophene rings is 1. The van der Waals surface area contributed by atoms with Gasteiger partial charge in [-0.05, 0) is 29.3 Å². The first-order valence-electron chi connectivity index (χ1n) is 10.3. The zero-order valence-electron chi connectivity index (χ0n) is 17.3. The third-order valence-corrected chi connectivity index (χ3v) is 6.75. The van der Waals surface area contributed by atoms with Crippen molar-refractivity contribution in [1.82, 2.24) is 15.2 Å². The van der Waals surface area contributed by atoms with E-state index in [-0.39, 0.29) is 22.8 Å². The van der Waals surface area contributed by atoms with E-state index in [4.69, 9.17) is 4.74 Å². The van der Waals surface area contributed by atoms with Crippen molar-refractivity contribution in [3.63, 3.8) is 0 Å². The number of ketones is 1. The molecule has 30 heavy (non-hydrogen) atoms. The molecule has 0 spiro atoms. The highest BCUT2D eigenvalue weighted by Crippen LogP contribution is 2.33. The van der Waals surface area contributed by atoms with Gasteiger partial charge in [-0.2, -0.15) is 0 Å². The molecule has 1 amide bonds. The maximum atomic E-state index is 12.9. The Labute approximate surface area is 179 Å². The summed E-state index contributed by atoms with van der Waals surface area (Å²) in [6.45, 7) is 7.31. The summed E-state index contributed by atoms with van der Waals surface area (Å²) in [5.41, 5.74) is 0.442. The van der Waals surface area contributed by atoms with Gasteiger partial charge in [0, 0.05) is 42.2 Å². The van der Waals surface area contributed by atoms with Gasteiger partial charge in [0.2, 0.25) is 0 Å². The Morgan fingerprint density at radius 2 is 2.07 bits per heavy atom. The number of amides is 1. The van der Waals surface area contributed by atoms with Crippen LogP contribution in [-0.2, 0) is 11.2 Å². The highest BCUT2D eigenvalue weighted by Gasteiger charge is 2.33. The number of nitrogens with zero attached hydrogens (tertiary/aromatic N) is 1. The number of rotatable bonds is 5. The lowest BCUT2D eigenvalue weighted by Gasteiger charge is -2.34. The van der Waals surface area contributed by atoms with Crippen LogP contribution in [0.5, 0.6) is 0 Å². The zero-order chi connectivity index (χ0) is 21.3. The molecule has 0 aromatic carbocycles. The summed E-state index contributed by atoms with van der Waals surface area (Å²) >= 11 is 1.65. The van der Waals surface area contributed by atoms with Gasteiger partial charge in [0.25, 0.3) is 11.5 Å². The SMILES string of the molecule is CC1(C)CC(=O)c2cc(C(=O)NCC(c3cccs3)N3CCOCC3)c(=O)[nH]c2C1. The fourth-order valence-corrected chi connectivity index (χ4v) is 5.12. The third-order valence-electron chi connectivity index (χ3n) is 5.78. The lowest BCUT2D eigenvalue weighted by atomic mass is 9.75. The molecule has 4 rings (SSSR count). The molecule has 2 N–H and O–H groups in total. The third kappa shape index (κ3) is 4.40. The van der Waals surface area contributed by atoms with E-state index in [1.54, 1.807) is 11.3 Å². The lowest BCUT2D eigenvalue weighted by molar-refractivity contribution is 0.0169. The normalized spacial score (nSPS) is 19.9. The summed E-state index contributed by atoms with van der Waals surface area (Å²) in [7, 11) is 0. The van der Waals surface area contributed by atoms with Crippen LogP contribution >= 0.6 is 11.3 Å². The molecular weight excluding hydrogens is 402 g/mol. The quantitative estimate of drug-likeness (QED) is 0.762. The van der Waals surface area contributed by atoms with Crippen molar-refractivity contribution in [1.29, 1.82) is 0 Å². The Kier molecular flexibility index (Phi) is 5.90. The van der Waals surface area contributed by atoms with Crippen LogP contribution in [0.15, 0.2) is 28.4 Å². The Bertz CT molecular complexity index is 990. The number of H-pyrrole nitrogens is 1. The average Bonchev–Trinajstić information content (AvgIpc) is 3.22. The van der Waals surface area contributed by atoms with Gasteiger partial charge in [-0.25, -0.2) is 0 Å². The Morgan fingerprint density at radius 1 is 1.30 bits per heavy atom. The second-order valence-corrected chi connectivity index (χ2v) is 9.71. The molecule has 1 atom stereocenters. The number of aromatic amines is 1. The molecule has 0 saturated carbocycles. The number of fused-ring (bicyclic) bond motifs is 1. The number of carbonyl (C=O) groups excluding carboxylic acids is 2. The summed E-state index contributed by atoms with van der Waals surface area (Å²) in [6, 6.07) is 5.55. The first-order chi connectivity index (χ1) is 14.3. The second-order valence-electron chi connectivity index (χ2n) is 8.73. The lowest BCUT2D eigenvalue weighted by Crippen LogP contribution is -2.44. The van der Waals surface area contributed by atoms with E-state index in [0.29, 0.717) is 43.9 Å². The standard InChI is InChI=1S/C22H27N3O4S/c1-22(2)11-16-14(18(26)12-22)10-15(21(28)24-16)20(27)23-13-17(19-4-3-9-30-19)25-5-7-29-8-6-25/h3-4,9-10,17H,5-8,11-13H2,1-2H3,(H,23,27)(H,24,28). The van der Waals surface area contributed by atoms with Crippen molar-refractivity contribution < 1.29 is 14.3 Å². The van der Waals surface area contributed by atoms with Crippen LogP contribution in [0.2, 0.25) is 0 Å². The highest BCUT2D eigenvalue weighted by molar-refractivity contribution is 7.10. The molecular formula is C22H27N3O4S. The van der Waals surface area contributed by atoms with Gasteiger partial charge in [0.05, 0.1) is 19.3 Å². The van der Waals surface area contributed by atoms with Crippen LogP contribution in [0.1, 0.15) is 57.6 Å². The number of carbonyl (C=O) groups is 2. The van der Waals surface area contributed by atoms with Gasteiger partial charge >= 0.3 is 0 Å². The van der Waals surface area contributed by atoms with Crippen molar-refractivity contribution in [3.05, 3.63) is 55.6 Å². The smallest absolute Gasteiger partial charge is 0.261 e. The van der Waals surface area contributed by atoms with Gasteiger partial charge in [-0.1, -0.05) is 19.9 Å². The molecule has 1 unspecified atom stereocenters. The Hall–Kier alpha value is -2.29. The predicted octanol–water partition coefficient (Wildman–Crippen LogP) is 2.39. The number of hydrogen-bond donors (Lipinski definition) is 2. The monoisotopic (exact) mass is 429 g/mol. The van der Waals surface area contributed by atoms with Gasteiger partial charge in [-0.15, -0.1) is 11.3 Å². The van der Waals surface area contributed by atoms with Crippen LogP contribution < -0.4 is 10.9 Å². The summed E-state index contributed by atoms with van der Waals surface area (Å²) in [4.78, 5) is 44.2. The van der Waals surface area contributed by atoms with Crippen molar-refractivity contribution in [2.45, 2.75) is 32.7 Å². The van der Waals surface area contributed by atoms with E-state index < -0.39 is 11.5 Å². The molecule has 8 heteroatoms. The minimum absolute atomic E-state index is 0.00582. The highest BCUT2D eigenvalue weighted by atomic mass is 32.1. The molecule has 1 saturated heterocycles. The number of pyridine rings is 1. The van der Waals surface area contributed by atoms with Gasteiger partial charge < -0.3 is 15.0 Å². The molecule has 3 heterocycles. The molecule has 2 aliphatic rings. The van der Waals surface area contributed by atoms with Gasteiger partial charge in [0.15, 0.2) is 5.78 Å². The fraction of sp³-hybridized carbons (Fsp3) is 0.500. The molecule has 7 nitrogen and oxygen atoms in total. The Balaban J connectivity index is 1.53. The van der Waals surface area contributed by atoms with Crippen LogP contribution in [-0.4, -0.2) is 54.4 Å². The number of ether oxygens (including phenoxy) is 1. The number of nitrogens with one attached hydrogen (secondary N) is 2. The van der Waals surface area contributed by atoms with Crippen molar-refractivity contribution in [2.24, 2.45) is 5.41 Å². The largest absolute Gasteiger partial charge is 0.379 e. The van der Waals surface area contributed by atoms with E-state index in [9.17, 15) is 14.4 Å². The summed E-state index contributed by atoms with van der Waals surface area (Å²) in [6.07, 6.45) is 1.02. The summed E-state index contributed by atoms with van der Waals surface area (Å²) < 4.78 is 5.45. The molecule has 1 aliphatic carbocycles. The predicted molar refractivity (Wildman–Crippen MR) is 115 cm³/mol. The molecule has 1 aliphatic heterocycles. The number of morpholine rings is 1. The van der Waals surface area contributed by atoms with Crippen molar-refractivity contribution >= 4 is 23.0 Å². The van der Waals surface area contributed by atoms with Crippen LogP contribution in [0, 0.1) is 5.41 Å². The maximum absolute atomic E-state index is 12.9. The average molecular weight is 430 g/mol. The van der Waals surface area contributed by atoms with E-state index in [0.717, 1.165) is 18.0 Å². The molecule has 2 aromatic rings. The number of hydrogen-bond acceptors (Lipinski definition) is 6. The molecule has 160 valence electrons. The number of Topliss-reactive ketones (excluding diaryl/α,β-unsaturated/α-hetero) is 1. The van der Waals surface area contributed by atoms with E-state index in [1.165, 1.54) is 6.07 Å². The second kappa shape index (κ2) is 8.45. The van der Waals surface area contributed by atoms with Crippen LogP contribution in [0.25, 0.3) is 0 Å². The van der Waals surface area contributed by atoms with Gasteiger partial charge in [-0.3, -0.25) is 19.3 Å². The molecule has 2 aromatic heterocycles. The number of aromatic nitrogens is 1. The van der Waals surface area contributed by atoms with Crippen molar-refractivity contribution in [3.8, 4) is 0 Å². The van der Waals surface area contributed by atoms with Crippen LogP contribution in [0.3, 0.4) is 0 Å². The van der Waals surface area contributed by atoms with E-state index in [2.05, 4.69) is 21.3 Å².